The molecular weight excluding hydrogens is 420 g/mol. The third-order valence-corrected chi connectivity index (χ3v) is 7.24. The Bertz CT molecular complexity index is 793. The van der Waals surface area contributed by atoms with Crippen LogP contribution in [0.4, 0.5) is 0 Å². The molecule has 2 aliphatic rings. The van der Waals surface area contributed by atoms with Gasteiger partial charge in [0.25, 0.3) is 0 Å². The Balaban J connectivity index is 1.76. The first-order valence-electron chi connectivity index (χ1n) is 11.1. The fourth-order valence-corrected chi connectivity index (χ4v) is 5.40. The van der Waals surface area contributed by atoms with Crippen LogP contribution >= 0.6 is 15.9 Å². The van der Waals surface area contributed by atoms with Crippen molar-refractivity contribution in [2.24, 2.45) is 10.9 Å². The summed E-state index contributed by atoms with van der Waals surface area (Å²) in [6.07, 6.45) is 18.4. The predicted octanol–water partition coefficient (Wildman–Crippen LogP) is 6.73. The van der Waals surface area contributed by atoms with Gasteiger partial charge in [0.15, 0.2) is 0 Å². The zero-order valence-electron chi connectivity index (χ0n) is 18.2. The number of benzene rings is 1. The Kier molecular flexibility index (Phi) is 8.35. The summed E-state index contributed by atoms with van der Waals surface area (Å²) in [4.78, 5) is 5.73. The molecular formula is C26H35BrN2. The van der Waals surface area contributed by atoms with Gasteiger partial charge in [-0.2, -0.15) is 0 Å². The van der Waals surface area contributed by atoms with Crippen LogP contribution in [0.5, 0.6) is 0 Å². The molecule has 2 aliphatic carbocycles. The molecule has 29 heavy (non-hydrogen) atoms. The quantitative estimate of drug-likeness (QED) is 0.287. The van der Waals surface area contributed by atoms with E-state index < -0.39 is 0 Å². The second-order valence-electron chi connectivity index (χ2n) is 8.52. The summed E-state index contributed by atoms with van der Waals surface area (Å²) in [5.41, 5.74) is 6.47. The highest BCUT2D eigenvalue weighted by Crippen LogP contribution is 2.31. The standard InChI is InChI=1S/C26H35BrN2/c1-19-16-20(2)25(21(3)17-19)26(29-18-22-10-6-4-5-7-11-22)28-15-14-23-12-8-9-13-24(23)27/h4-6,10-11,16-17,23-24H,7-9,12-15,18H2,1-3H3,(H,28,29). The first kappa shape index (κ1) is 22.1. The molecule has 1 fully saturated rings. The van der Waals surface area contributed by atoms with Crippen LogP contribution in [-0.4, -0.2) is 23.8 Å². The molecule has 1 aromatic rings. The zero-order chi connectivity index (χ0) is 20.6. The van der Waals surface area contributed by atoms with Crippen LogP contribution in [-0.2, 0) is 0 Å². The molecule has 2 nitrogen and oxygen atoms in total. The summed E-state index contributed by atoms with van der Waals surface area (Å²) in [5, 5.41) is 3.72. The highest BCUT2D eigenvalue weighted by molar-refractivity contribution is 9.09. The molecule has 0 bridgehead atoms. The van der Waals surface area contributed by atoms with Gasteiger partial charge in [0.1, 0.15) is 5.84 Å². The summed E-state index contributed by atoms with van der Waals surface area (Å²) < 4.78 is 0. The van der Waals surface area contributed by atoms with E-state index in [4.69, 9.17) is 4.99 Å². The first-order chi connectivity index (χ1) is 14.0. The average molecular weight is 455 g/mol. The monoisotopic (exact) mass is 454 g/mol. The summed E-state index contributed by atoms with van der Waals surface area (Å²) in [6, 6.07) is 4.54. The maximum absolute atomic E-state index is 5.06. The minimum Gasteiger partial charge on any atom is -0.370 e. The molecule has 2 unspecified atom stereocenters. The SMILES string of the molecule is Cc1cc(C)c(C(=NCC2=CCC=CC=C2)NCCC2CCCCC2Br)c(C)c1. The van der Waals surface area contributed by atoms with Crippen LogP contribution in [0.1, 0.15) is 60.8 Å². The molecule has 3 rings (SSSR count). The van der Waals surface area contributed by atoms with E-state index in [1.165, 1.54) is 59.9 Å². The van der Waals surface area contributed by atoms with E-state index in [-0.39, 0.29) is 0 Å². The van der Waals surface area contributed by atoms with Crippen LogP contribution in [0.15, 0.2) is 53.1 Å². The predicted molar refractivity (Wildman–Crippen MR) is 130 cm³/mol. The van der Waals surface area contributed by atoms with E-state index >= 15 is 0 Å². The molecule has 0 spiro atoms. The van der Waals surface area contributed by atoms with Crippen molar-refractivity contribution in [1.29, 1.82) is 0 Å². The van der Waals surface area contributed by atoms with E-state index in [1.807, 2.05) is 0 Å². The van der Waals surface area contributed by atoms with Crippen molar-refractivity contribution in [2.75, 3.05) is 13.1 Å². The number of aliphatic imine (C=N–C) groups is 1. The number of aryl methyl sites for hydroxylation is 3. The smallest absolute Gasteiger partial charge is 0.129 e. The van der Waals surface area contributed by atoms with Gasteiger partial charge in [0, 0.05) is 16.9 Å². The van der Waals surface area contributed by atoms with Crippen LogP contribution in [0, 0.1) is 26.7 Å². The zero-order valence-corrected chi connectivity index (χ0v) is 19.8. The van der Waals surface area contributed by atoms with Gasteiger partial charge < -0.3 is 5.32 Å². The number of alkyl halides is 1. The Morgan fingerprint density at radius 1 is 1.10 bits per heavy atom. The Morgan fingerprint density at radius 3 is 2.62 bits per heavy atom. The lowest BCUT2D eigenvalue weighted by Crippen LogP contribution is -2.31. The molecule has 156 valence electrons. The van der Waals surface area contributed by atoms with E-state index in [0.717, 1.165) is 31.3 Å². The van der Waals surface area contributed by atoms with Crippen LogP contribution in [0.3, 0.4) is 0 Å². The van der Waals surface area contributed by atoms with Gasteiger partial charge in [0.05, 0.1) is 6.54 Å². The van der Waals surface area contributed by atoms with Crippen LogP contribution in [0.25, 0.3) is 0 Å². The number of halogens is 1. The van der Waals surface area contributed by atoms with Crippen molar-refractivity contribution in [1.82, 2.24) is 5.32 Å². The molecule has 1 N–H and O–H groups in total. The Labute approximate surface area is 185 Å². The van der Waals surface area contributed by atoms with Gasteiger partial charge in [-0.25, -0.2) is 0 Å². The highest BCUT2D eigenvalue weighted by atomic mass is 79.9. The minimum atomic E-state index is 0.676. The Hall–Kier alpha value is -1.61. The number of amidine groups is 1. The summed E-state index contributed by atoms with van der Waals surface area (Å²) in [7, 11) is 0. The summed E-state index contributed by atoms with van der Waals surface area (Å²) >= 11 is 3.91. The molecule has 3 heteroatoms. The summed E-state index contributed by atoms with van der Waals surface area (Å²) in [6.45, 7) is 8.28. The van der Waals surface area contributed by atoms with Gasteiger partial charge in [-0.1, -0.05) is 76.8 Å². The van der Waals surface area contributed by atoms with E-state index in [1.54, 1.807) is 0 Å². The fraction of sp³-hybridized carbons (Fsp3) is 0.500. The lowest BCUT2D eigenvalue weighted by atomic mass is 9.87. The molecule has 1 saturated carbocycles. The number of hydrogen-bond donors (Lipinski definition) is 1. The van der Waals surface area contributed by atoms with Gasteiger partial charge in [0.2, 0.25) is 0 Å². The fourth-order valence-electron chi connectivity index (χ4n) is 4.55. The largest absolute Gasteiger partial charge is 0.370 e. The van der Waals surface area contributed by atoms with Crippen molar-refractivity contribution in [3.63, 3.8) is 0 Å². The normalized spacial score (nSPS) is 22.3. The topological polar surface area (TPSA) is 24.4 Å². The van der Waals surface area contributed by atoms with Crippen molar-refractivity contribution in [2.45, 2.75) is 64.1 Å². The van der Waals surface area contributed by atoms with E-state index in [0.29, 0.717) is 4.83 Å². The molecule has 2 atom stereocenters. The number of hydrogen-bond acceptors (Lipinski definition) is 1. The molecule has 0 aromatic heterocycles. The lowest BCUT2D eigenvalue weighted by molar-refractivity contribution is 0.355. The van der Waals surface area contributed by atoms with Crippen molar-refractivity contribution in [3.05, 3.63) is 70.3 Å². The molecule has 0 saturated heterocycles. The number of allylic oxidation sites excluding steroid dienone is 4. The van der Waals surface area contributed by atoms with Crippen LogP contribution < -0.4 is 5.32 Å². The van der Waals surface area contributed by atoms with Gasteiger partial charge in [-0.15, -0.1) is 0 Å². The molecule has 1 aromatic carbocycles. The lowest BCUT2D eigenvalue weighted by Gasteiger charge is -2.27. The summed E-state index contributed by atoms with van der Waals surface area (Å²) in [5.74, 6) is 1.82. The van der Waals surface area contributed by atoms with Crippen molar-refractivity contribution < 1.29 is 0 Å². The highest BCUT2D eigenvalue weighted by Gasteiger charge is 2.22. The minimum absolute atomic E-state index is 0.676. The third kappa shape index (κ3) is 6.44. The van der Waals surface area contributed by atoms with Gasteiger partial charge in [-0.05, 0) is 69.1 Å². The second kappa shape index (κ2) is 11.0. The maximum Gasteiger partial charge on any atom is 0.129 e. The molecule has 0 aliphatic heterocycles. The maximum atomic E-state index is 5.06. The number of nitrogens with one attached hydrogen (secondary N) is 1. The van der Waals surface area contributed by atoms with Gasteiger partial charge >= 0.3 is 0 Å². The molecule has 0 heterocycles. The van der Waals surface area contributed by atoms with Crippen LogP contribution in [0.2, 0.25) is 0 Å². The first-order valence-corrected chi connectivity index (χ1v) is 12.0. The molecule has 0 radical (unpaired) electrons. The van der Waals surface area contributed by atoms with E-state index in [9.17, 15) is 0 Å². The third-order valence-electron chi connectivity index (χ3n) is 6.03. The Morgan fingerprint density at radius 2 is 1.86 bits per heavy atom. The average Bonchev–Trinajstić information content (AvgIpc) is 2.95. The number of nitrogens with zero attached hydrogens (tertiary/aromatic N) is 1. The van der Waals surface area contributed by atoms with Crippen molar-refractivity contribution in [3.8, 4) is 0 Å². The van der Waals surface area contributed by atoms with Gasteiger partial charge in [-0.3, -0.25) is 4.99 Å². The van der Waals surface area contributed by atoms with Crippen molar-refractivity contribution >= 4 is 21.8 Å². The molecule has 0 amide bonds. The number of rotatable bonds is 6. The van der Waals surface area contributed by atoms with E-state index in [2.05, 4.69) is 84.5 Å². The second-order valence-corrected chi connectivity index (χ2v) is 9.69.